The van der Waals surface area contributed by atoms with Gasteiger partial charge in [0.25, 0.3) is 0 Å². The molecule has 0 saturated heterocycles. The van der Waals surface area contributed by atoms with Crippen LogP contribution in [0.1, 0.15) is 38.0 Å². The maximum Gasteiger partial charge on any atom is 0.407 e. The van der Waals surface area contributed by atoms with Crippen molar-refractivity contribution in [3.05, 3.63) is 66.7 Å². The van der Waals surface area contributed by atoms with Crippen molar-refractivity contribution in [3.8, 4) is 0 Å². The lowest BCUT2D eigenvalue weighted by Crippen LogP contribution is -2.42. The van der Waals surface area contributed by atoms with Gasteiger partial charge in [-0.1, -0.05) is 44.0 Å². The summed E-state index contributed by atoms with van der Waals surface area (Å²) < 4.78 is 34.8. The van der Waals surface area contributed by atoms with Crippen molar-refractivity contribution < 1.29 is 23.1 Å². The van der Waals surface area contributed by atoms with Crippen molar-refractivity contribution in [1.29, 1.82) is 0 Å². The van der Waals surface area contributed by atoms with E-state index in [1.807, 2.05) is 0 Å². The molecule has 0 saturated carbocycles. The summed E-state index contributed by atoms with van der Waals surface area (Å²) in [6, 6.07) is 9.01. The van der Waals surface area contributed by atoms with Crippen molar-refractivity contribution in [3.63, 3.8) is 0 Å². The van der Waals surface area contributed by atoms with E-state index in [0.717, 1.165) is 44.8 Å². The van der Waals surface area contributed by atoms with Crippen molar-refractivity contribution in [2.45, 2.75) is 51.6 Å². The third-order valence-corrected chi connectivity index (χ3v) is 11.5. The number of amides is 1. The van der Waals surface area contributed by atoms with Gasteiger partial charge in [-0.2, -0.15) is 0 Å². The Kier molecular flexibility index (Phi) is 10.2. The number of benzene rings is 2. The summed E-state index contributed by atoms with van der Waals surface area (Å²) in [5, 5.41) is 10.6. The lowest BCUT2D eigenvalue weighted by atomic mass is 10.1. The minimum Gasteiger partial charge on any atom is -0.465 e. The monoisotopic (exact) mass is 615 g/mol. The van der Waals surface area contributed by atoms with E-state index in [9.17, 15) is 18.7 Å². The third-order valence-electron chi connectivity index (χ3n) is 5.64. The van der Waals surface area contributed by atoms with E-state index in [4.69, 9.17) is 27.6 Å². The molecule has 0 aromatic heterocycles. The zero-order valence-corrected chi connectivity index (χ0v) is 22.8. The molecule has 0 aliphatic carbocycles. The molecule has 0 aliphatic rings. The van der Waals surface area contributed by atoms with Crippen LogP contribution in [0.5, 0.6) is 0 Å². The molecule has 0 fully saturated rings. The molecule has 176 valence electrons. The van der Waals surface area contributed by atoms with Crippen molar-refractivity contribution in [2.75, 3.05) is 6.54 Å². The zero-order valence-electron chi connectivity index (χ0n) is 18.1. The number of halogens is 5. The van der Waals surface area contributed by atoms with Gasteiger partial charge in [-0.05, 0) is 70.6 Å². The summed E-state index contributed by atoms with van der Waals surface area (Å²) >= 11 is 15.2. The van der Waals surface area contributed by atoms with Gasteiger partial charge in [0.15, 0.2) is 8.32 Å². The molecule has 2 rings (SSSR count). The molecule has 0 heterocycles. The minimum absolute atomic E-state index is 0.0811. The van der Waals surface area contributed by atoms with Crippen LogP contribution in [0.25, 0.3) is 0 Å². The highest BCUT2D eigenvalue weighted by Crippen LogP contribution is 2.38. The van der Waals surface area contributed by atoms with Gasteiger partial charge < -0.3 is 14.4 Å². The third kappa shape index (κ3) is 7.03. The number of carbonyl (C=O) groups is 1. The van der Waals surface area contributed by atoms with Crippen LogP contribution >= 0.6 is 45.8 Å². The van der Waals surface area contributed by atoms with Gasteiger partial charge in [0.2, 0.25) is 0 Å². The normalized spacial score (nSPS) is 12.6. The van der Waals surface area contributed by atoms with E-state index in [1.165, 1.54) is 0 Å². The molecule has 2 aromatic carbocycles. The zero-order chi connectivity index (χ0) is 24.1. The smallest absolute Gasteiger partial charge is 0.407 e. The Morgan fingerprint density at radius 3 is 2.00 bits per heavy atom. The Bertz CT molecular complexity index is 911. The summed E-state index contributed by atoms with van der Waals surface area (Å²) in [6.07, 6.45) is -1.95. The molecule has 0 aliphatic heterocycles. The van der Waals surface area contributed by atoms with Crippen molar-refractivity contribution in [1.82, 2.24) is 4.90 Å². The molecule has 0 spiro atoms. The Morgan fingerprint density at radius 2 is 1.56 bits per heavy atom. The molecule has 32 heavy (non-hydrogen) atoms. The van der Waals surface area contributed by atoms with E-state index < -0.39 is 32.1 Å². The van der Waals surface area contributed by atoms with Gasteiger partial charge in [0.05, 0.1) is 12.6 Å². The van der Waals surface area contributed by atoms with Gasteiger partial charge in [-0.25, -0.2) is 13.6 Å². The summed E-state index contributed by atoms with van der Waals surface area (Å²) in [5.74, 6) is -1.53. The maximum atomic E-state index is 13.6. The van der Waals surface area contributed by atoms with Crippen LogP contribution in [0, 0.1) is 15.2 Å². The fraction of sp³-hybridized carbons (Fsp3) is 0.409. The lowest BCUT2D eigenvalue weighted by Gasteiger charge is -2.36. The fourth-order valence-electron chi connectivity index (χ4n) is 3.68. The van der Waals surface area contributed by atoms with Crippen LogP contribution in [-0.4, -0.2) is 31.0 Å². The van der Waals surface area contributed by atoms with Gasteiger partial charge >= 0.3 is 6.09 Å². The lowest BCUT2D eigenvalue weighted by molar-refractivity contribution is 0.0995. The first-order valence-corrected chi connectivity index (χ1v) is 14.7. The molecule has 1 amide bonds. The van der Waals surface area contributed by atoms with Crippen LogP contribution in [0.3, 0.4) is 0 Å². The summed E-state index contributed by atoms with van der Waals surface area (Å²) in [6.45, 7) is 5.92. The van der Waals surface area contributed by atoms with Crippen LogP contribution in [0.4, 0.5) is 13.6 Å². The number of nitrogens with zero attached hydrogens (tertiary/aromatic N) is 1. The average molecular weight is 616 g/mol. The van der Waals surface area contributed by atoms with E-state index in [1.54, 1.807) is 12.1 Å². The van der Waals surface area contributed by atoms with Gasteiger partial charge in [-0.15, -0.1) is 0 Å². The largest absolute Gasteiger partial charge is 0.465 e. The number of hydrogen-bond acceptors (Lipinski definition) is 2. The molecule has 0 bridgehead atoms. The highest BCUT2D eigenvalue weighted by atomic mass is 127. The van der Waals surface area contributed by atoms with E-state index in [-0.39, 0.29) is 18.7 Å². The minimum atomic E-state index is -2.19. The Balaban J connectivity index is 2.48. The van der Waals surface area contributed by atoms with Gasteiger partial charge in [-0.3, -0.25) is 0 Å². The fourth-order valence-corrected chi connectivity index (χ4v) is 8.20. The van der Waals surface area contributed by atoms with Gasteiger partial charge in [0, 0.05) is 31.8 Å². The molecule has 1 unspecified atom stereocenters. The molecule has 1 atom stereocenters. The number of hydrogen-bond donors (Lipinski definition) is 1. The van der Waals surface area contributed by atoms with Crippen LogP contribution < -0.4 is 0 Å². The quantitative estimate of drug-likeness (QED) is 0.217. The highest BCUT2D eigenvalue weighted by molar-refractivity contribution is 14.1. The predicted octanol–water partition coefficient (Wildman–Crippen LogP) is 8.12. The SMILES string of the molecule is CC[Si](CC)(CC)OC(CN(Cc1cc(F)cc(F)c1)C(=O)O)c1c(Cl)cc(I)cc1Cl. The summed E-state index contributed by atoms with van der Waals surface area (Å²) in [7, 11) is -2.19. The molecule has 4 nitrogen and oxygen atoms in total. The number of carboxylic acid groups (broad SMARTS) is 1. The second-order valence-corrected chi connectivity index (χ2v) is 14.4. The summed E-state index contributed by atoms with van der Waals surface area (Å²) in [5.41, 5.74) is 0.728. The number of rotatable bonds is 10. The Morgan fingerprint density at radius 1 is 1.06 bits per heavy atom. The standard InChI is InChI=1S/C22H26Cl2F2INO3Si/c1-4-32(5-2,6-3)31-20(21-18(23)10-17(27)11-19(21)24)13-28(22(29)30)12-14-7-15(25)9-16(26)8-14/h7-11,20H,4-6,12-13H2,1-3H3,(H,29,30). The molecular formula is C22H26Cl2F2INO3Si. The first kappa shape index (κ1) is 27.3. The summed E-state index contributed by atoms with van der Waals surface area (Å²) in [4.78, 5) is 13.1. The molecule has 0 radical (unpaired) electrons. The van der Waals surface area contributed by atoms with Crippen molar-refractivity contribution >= 4 is 60.2 Å². The predicted molar refractivity (Wildman–Crippen MR) is 135 cm³/mol. The topological polar surface area (TPSA) is 49.8 Å². The Labute approximate surface area is 212 Å². The van der Waals surface area contributed by atoms with E-state index in [2.05, 4.69) is 43.4 Å². The maximum absolute atomic E-state index is 13.6. The van der Waals surface area contributed by atoms with E-state index >= 15 is 0 Å². The van der Waals surface area contributed by atoms with E-state index in [0.29, 0.717) is 15.6 Å². The highest BCUT2D eigenvalue weighted by Gasteiger charge is 2.35. The second kappa shape index (κ2) is 12.0. The first-order chi connectivity index (χ1) is 15.0. The van der Waals surface area contributed by atoms with Crippen LogP contribution in [0.15, 0.2) is 30.3 Å². The average Bonchev–Trinajstić information content (AvgIpc) is 2.69. The van der Waals surface area contributed by atoms with Crippen molar-refractivity contribution in [2.24, 2.45) is 0 Å². The molecule has 1 N–H and O–H groups in total. The van der Waals surface area contributed by atoms with Gasteiger partial charge in [0.1, 0.15) is 11.6 Å². The van der Waals surface area contributed by atoms with Crippen LogP contribution in [-0.2, 0) is 11.0 Å². The molecule has 10 heteroatoms. The molecule has 2 aromatic rings. The Hall–Kier alpha value is -0.943. The second-order valence-electron chi connectivity index (χ2n) is 7.57. The van der Waals surface area contributed by atoms with Crippen LogP contribution in [0.2, 0.25) is 28.2 Å². The molecular weight excluding hydrogens is 590 g/mol. The first-order valence-electron chi connectivity index (χ1n) is 10.3.